The third-order valence-electron chi connectivity index (χ3n) is 3.03. The summed E-state index contributed by atoms with van der Waals surface area (Å²) in [6, 6.07) is 7.21. The predicted molar refractivity (Wildman–Crippen MR) is 59.3 cm³/mol. The maximum absolute atomic E-state index is 13.1. The Morgan fingerprint density at radius 2 is 2.07 bits per heavy atom. The summed E-state index contributed by atoms with van der Waals surface area (Å²) in [5.74, 6) is -0.144. The molecule has 0 aromatic heterocycles. The summed E-state index contributed by atoms with van der Waals surface area (Å²) in [6.45, 7) is 6.27. The highest BCUT2D eigenvalue weighted by molar-refractivity contribution is 5.19. The van der Waals surface area contributed by atoms with Gasteiger partial charge in [-0.3, -0.25) is 4.90 Å². The van der Waals surface area contributed by atoms with Gasteiger partial charge in [0.15, 0.2) is 0 Å². The minimum atomic E-state index is -0.144. The average molecular weight is 208 g/mol. The van der Waals surface area contributed by atoms with E-state index in [9.17, 15) is 4.39 Å². The molecule has 0 bridgehead atoms. The number of benzene rings is 1. The molecular weight excluding hydrogens is 191 g/mol. The van der Waals surface area contributed by atoms with Crippen molar-refractivity contribution < 1.29 is 4.39 Å². The van der Waals surface area contributed by atoms with E-state index in [0.29, 0.717) is 6.04 Å². The van der Waals surface area contributed by atoms with Crippen LogP contribution in [0.5, 0.6) is 0 Å². The maximum atomic E-state index is 13.1. The summed E-state index contributed by atoms with van der Waals surface area (Å²) in [5, 5.41) is 3.32. The molecule has 15 heavy (non-hydrogen) atoms. The zero-order valence-corrected chi connectivity index (χ0v) is 9.04. The molecule has 1 heterocycles. The Bertz CT molecular complexity index is 321. The first-order valence-electron chi connectivity index (χ1n) is 5.47. The van der Waals surface area contributed by atoms with Gasteiger partial charge in [-0.05, 0) is 24.6 Å². The Labute approximate surface area is 90.1 Å². The van der Waals surface area contributed by atoms with Crippen LogP contribution in [0, 0.1) is 5.82 Å². The Kier molecular flexibility index (Phi) is 3.34. The molecule has 82 valence electrons. The molecule has 0 radical (unpaired) electrons. The van der Waals surface area contributed by atoms with Crippen LogP contribution in [0.3, 0.4) is 0 Å². The van der Waals surface area contributed by atoms with Crippen LogP contribution in [0.25, 0.3) is 0 Å². The standard InChI is InChI=1S/C12H17FN2/c1-10(15-7-5-14-6-8-15)11-3-2-4-12(13)9-11/h2-4,9-10,14H,5-8H2,1H3/t10-/m0/s1. The van der Waals surface area contributed by atoms with Crippen LogP contribution in [0.15, 0.2) is 24.3 Å². The van der Waals surface area contributed by atoms with Crippen molar-refractivity contribution in [3.05, 3.63) is 35.6 Å². The van der Waals surface area contributed by atoms with Gasteiger partial charge < -0.3 is 5.32 Å². The molecule has 0 saturated carbocycles. The largest absolute Gasteiger partial charge is 0.314 e. The van der Waals surface area contributed by atoms with E-state index in [1.165, 1.54) is 6.07 Å². The quantitative estimate of drug-likeness (QED) is 0.797. The third-order valence-corrected chi connectivity index (χ3v) is 3.03. The number of nitrogens with one attached hydrogen (secondary N) is 1. The van der Waals surface area contributed by atoms with Crippen LogP contribution in [0.2, 0.25) is 0 Å². The van der Waals surface area contributed by atoms with E-state index in [-0.39, 0.29) is 5.82 Å². The van der Waals surface area contributed by atoms with Gasteiger partial charge in [0.05, 0.1) is 0 Å². The predicted octanol–water partition coefficient (Wildman–Crippen LogP) is 1.79. The molecule has 1 aliphatic rings. The van der Waals surface area contributed by atoms with Gasteiger partial charge in [-0.2, -0.15) is 0 Å². The summed E-state index contributed by atoms with van der Waals surface area (Å²) in [5.41, 5.74) is 1.07. The lowest BCUT2D eigenvalue weighted by Crippen LogP contribution is -2.44. The van der Waals surface area contributed by atoms with Crippen LogP contribution in [0.1, 0.15) is 18.5 Å². The zero-order valence-electron chi connectivity index (χ0n) is 9.04. The van der Waals surface area contributed by atoms with E-state index in [2.05, 4.69) is 17.1 Å². The molecule has 0 aliphatic carbocycles. The molecule has 1 N–H and O–H groups in total. The van der Waals surface area contributed by atoms with Crippen molar-refractivity contribution in [2.45, 2.75) is 13.0 Å². The van der Waals surface area contributed by atoms with Crippen LogP contribution >= 0.6 is 0 Å². The molecule has 2 rings (SSSR count). The number of halogens is 1. The van der Waals surface area contributed by atoms with Crippen LogP contribution < -0.4 is 5.32 Å². The normalized spacial score (nSPS) is 20.1. The monoisotopic (exact) mass is 208 g/mol. The molecule has 1 fully saturated rings. The molecule has 0 spiro atoms. The van der Waals surface area contributed by atoms with Crippen LogP contribution in [0.4, 0.5) is 4.39 Å². The minimum Gasteiger partial charge on any atom is -0.314 e. The van der Waals surface area contributed by atoms with E-state index >= 15 is 0 Å². The summed E-state index contributed by atoms with van der Waals surface area (Å²) in [7, 11) is 0. The van der Waals surface area contributed by atoms with Crippen LogP contribution in [-0.2, 0) is 0 Å². The van der Waals surface area contributed by atoms with Crippen LogP contribution in [-0.4, -0.2) is 31.1 Å². The van der Waals surface area contributed by atoms with E-state index in [4.69, 9.17) is 0 Å². The maximum Gasteiger partial charge on any atom is 0.123 e. The summed E-state index contributed by atoms with van der Waals surface area (Å²) in [6.07, 6.45) is 0. The molecule has 3 heteroatoms. The fraction of sp³-hybridized carbons (Fsp3) is 0.500. The molecule has 2 nitrogen and oxygen atoms in total. The third kappa shape index (κ3) is 2.55. The highest BCUT2D eigenvalue weighted by atomic mass is 19.1. The van der Waals surface area contributed by atoms with Crippen molar-refractivity contribution in [1.29, 1.82) is 0 Å². The molecule has 0 amide bonds. The zero-order chi connectivity index (χ0) is 10.7. The first-order valence-corrected chi connectivity index (χ1v) is 5.47. The number of piperazine rings is 1. The Hall–Kier alpha value is -0.930. The lowest BCUT2D eigenvalue weighted by molar-refractivity contribution is 0.185. The second-order valence-corrected chi connectivity index (χ2v) is 4.02. The van der Waals surface area contributed by atoms with Crippen molar-refractivity contribution in [2.24, 2.45) is 0 Å². The summed E-state index contributed by atoms with van der Waals surface area (Å²) < 4.78 is 13.1. The summed E-state index contributed by atoms with van der Waals surface area (Å²) >= 11 is 0. The fourth-order valence-electron chi connectivity index (χ4n) is 2.05. The molecule has 1 aliphatic heterocycles. The molecule has 0 unspecified atom stereocenters. The smallest absolute Gasteiger partial charge is 0.123 e. The number of nitrogens with zero attached hydrogens (tertiary/aromatic N) is 1. The Morgan fingerprint density at radius 1 is 1.33 bits per heavy atom. The molecular formula is C12H17FN2. The van der Waals surface area contributed by atoms with E-state index < -0.39 is 0 Å². The van der Waals surface area contributed by atoms with Gasteiger partial charge >= 0.3 is 0 Å². The topological polar surface area (TPSA) is 15.3 Å². The van der Waals surface area contributed by atoms with E-state index in [0.717, 1.165) is 31.7 Å². The molecule has 1 aromatic rings. The second kappa shape index (κ2) is 4.73. The van der Waals surface area contributed by atoms with Crippen molar-refractivity contribution >= 4 is 0 Å². The number of hydrogen-bond acceptors (Lipinski definition) is 2. The van der Waals surface area contributed by atoms with E-state index in [1.54, 1.807) is 12.1 Å². The highest BCUT2D eigenvalue weighted by Crippen LogP contribution is 2.20. The SMILES string of the molecule is C[C@@H](c1cccc(F)c1)N1CCNCC1. The van der Waals surface area contributed by atoms with Gasteiger partial charge in [-0.25, -0.2) is 4.39 Å². The fourth-order valence-corrected chi connectivity index (χ4v) is 2.05. The number of rotatable bonds is 2. The van der Waals surface area contributed by atoms with Crippen molar-refractivity contribution in [3.8, 4) is 0 Å². The summed E-state index contributed by atoms with van der Waals surface area (Å²) in [4.78, 5) is 2.38. The Morgan fingerprint density at radius 3 is 2.73 bits per heavy atom. The Balaban J connectivity index is 2.08. The first-order chi connectivity index (χ1) is 7.27. The van der Waals surface area contributed by atoms with Gasteiger partial charge in [0.25, 0.3) is 0 Å². The van der Waals surface area contributed by atoms with Crippen molar-refractivity contribution in [3.63, 3.8) is 0 Å². The average Bonchev–Trinajstić information content (AvgIpc) is 2.29. The van der Waals surface area contributed by atoms with Gasteiger partial charge in [0.1, 0.15) is 5.82 Å². The highest BCUT2D eigenvalue weighted by Gasteiger charge is 2.17. The van der Waals surface area contributed by atoms with Gasteiger partial charge in [0.2, 0.25) is 0 Å². The van der Waals surface area contributed by atoms with Crippen molar-refractivity contribution in [2.75, 3.05) is 26.2 Å². The number of hydrogen-bond donors (Lipinski definition) is 1. The van der Waals surface area contributed by atoms with Gasteiger partial charge in [0, 0.05) is 32.2 Å². The molecule has 1 atom stereocenters. The molecule has 1 aromatic carbocycles. The van der Waals surface area contributed by atoms with E-state index in [1.807, 2.05) is 6.07 Å². The lowest BCUT2D eigenvalue weighted by Gasteiger charge is -2.33. The van der Waals surface area contributed by atoms with Crippen molar-refractivity contribution in [1.82, 2.24) is 10.2 Å². The second-order valence-electron chi connectivity index (χ2n) is 4.02. The van der Waals surface area contributed by atoms with Gasteiger partial charge in [-0.15, -0.1) is 0 Å². The lowest BCUT2D eigenvalue weighted by atomic mass is 10.1. The minimum absolute atomic E-state index is 0.144. The van der Waals surface area contributed by atoms with Gasteiger partial charge in [-0.1, -0.05) is 12.1 Å². The first kappa shape index (κ1) is 10.6. The molecule has 1 saturated heterocycles.